The Morgan fingerprint density at radius 2 is 0.986 bits per heavy atom. The summed E-state index contributed by atoms with van der Waals surface area (Å²) in [5.41, 5.74) is 20.5. The van der Waals surface area contributed by atoms with Gasteiger partial charge in [0.05, 0.1) is 57.1 Å². The van der Waals surface area contributed by atoms with Gasteiger partial charge in [0, 0.05) is 58.6 Å². The van der Waals surface area contributed by atoms with E-state index in [2.05, 4.69) is 60.9 Å². The maximum absolute atomic E-state index is 14.8. The average Bonchev–Trinajstić information content (AvgIpc) is 1.63. The third-order valence-electron chi connectivity index (χ3n) is 20.3. The van der Waals surface area contributed by atoms with Gasteiger partial charge in [0.1, 0.15) is 52.4 Å². The minimum Gasteiger partial charge on any atom is -0.542 e. The molecule has 0 bridgehead atoms. The lowest BCUT2D eigenvalue weighted by Gasteiger charge is -2.49. The fraction of sp³-hybridized carbons (Fsp3) is 0.384. The lowest BCUT2D eigenvalue weighted by molar-refractivity contribution is -0.765. The Labute approximate surface area is 815 Å². The van der Waals surface area contributed by atoms with E-state index in [1.54, 1.807) is 107 Å². The van der Waals surface area contributed by atoms with Crippen LogP contribution in [0.3, 0.4) is 0 Å². The number of hydrogen-bond donors (Lipinski definition) is 12. The van der Waals surface area contributed by atoms with Crippen LogP contribution in [0.1, 0.15) is 116 Å². The molecule has 4 aromatic heterocycles. The minimum absolute atomic E-state index is 0.0117. The van der Waals surface area contributed by atoms with Crippen LogP contribution in [0.2, 0.25) is 0 Å². The molecule has 0 radical (unpaired) electrons. The Hall–Kier alpha value is -15.0. The third-order valence-corrected chi connectivity index (χ3v) is 24.2. The van der Waals surface area contributed by atoms with Crippen molar-refractivity contribution in [3.05, 3.63) is 184 Å². The van der Waals surface area contributed by atoms with Gasteiger partial charge in [0.15, 0.2) is 69.4 Å². The smallest absolute Gasteiger partial charge is 0.430 e. The number of carboxylic acid groups (broad SMARTS) is 4. The molecular formula is C86H98F6N22O23S4. The van der Waals surface area contributed by atoms with Gasteiger partial charge >= 0.3 is 54.4 Å². The number of benzene rings is 4. The highest BCUT2D eigenvalue weighted by Crippen LogP contribution is 2.49. The second kappa shape index (κ2) is 45.7. The number of nitrogens with one attached hydrogen (secondary N) is 6. The highest BCUT2D eigenvalue weighted by molar-refractivity contribution is 8.00. The number of alkyl halides is 6. The summed E-state index contributed by atoms with van der Waals surface area (Å²) in [7, 11) is 4.95. The fourth-order valence-corrected chi connectivity index (χ4v) is 17.1. The van der Waals surface area contributed by atoms with Crippen molar-refractivity contribution in [1.29, 1.82) is 0 Å². The number of alkyl carbamates (subject to hydrolysis) is 1. The summed E-state index contributed by atoms with van der Waals surface area (Å²) in [6.07, 6.45) is -8.70. The van der Waals surface area contributed by atoms with Gasteiger partial charge in [-0.1, -0.05) is 113 Å². The lowest BCUT2D eigenvalue weighted by Crippen LogP contribution is -2.62. The molecule has 0 saturated carbocycles. The van der Waals surface area contributed by atoms with Gasteiger partial charge in [-0.25, -0.2) is 33.6 Å². The zero-order valence-electron chi connectivity index (χ0n) is 77.3. The van der Waals surface area contributed by atoms with Crippen molar-refractivity contribution in [2.45, 2.75) is 153 Å². The standard InChI is InChI=1S/C59H67N11O11S2.C23H29N11O8S2.2C2HF3O2/c1-56(2,3)79-52(74)58(7,8)81-66-45(47-64-53(60)83-67-47)44(71)30-42-49(72)70-46(51(73)78-33-36-26-28-41(77-10)29-27-36)37(34-82-50(42)70)31-69-32-43(63-54(75)61-35-62-55(76)80-57(4,5)6)48(68(69)9)65-59(38-20-14-11-15-21-38,39-22-16-12-17-23-39)40-24-18-13-19-25-40;1-23(2,20(39)40)42-30-13(16-29-21(26)44-31-16)12(35)4-10-17(36)34-14(19(37)38)9(7-43-18(10)34)5-33-6-11(15(25)32(33)3)28-22(41)27-8-24;2*3-2(4,5)1(6)7/h11-29,32,42,50H,30-31,33-35H2,1-10H3,(H5,60,61,62,63,64,67,75,76);6,10,18,25H,4-5,7-8,24H2,1-3H3,(H6,26,27,28,29,31,37,38,39,40,41);2*(H,6,7)/b66-45+;30-13+;;. The molecule has 8 aromatic rings. The second-order valence-corrected chi connectivity index (χ2v) is 37.4. The molecule has 4 atom stereocenters. The van der Waals surface area contributed by atoms with E-state index in [4.69, 9.17) is 71.4 Å². The number of halogens is 6. The van der Waals surface area contributed by atoms with E-state index in [0.29, 0.717) is 34.0 Å². The van der Waals surface area contributed by atoms with Crippen molar-refractivity contribution >= 4 is 169 Å². The van der Waals surface area contributed by atoms with E-state index in [9.17, 15) is 89.3 Å². The third kappa shape index (κ3) is 28.0. The number of nitrogens with two attached hydrogens (primary N) is 4. The van der Waals surface area contributed by atoms with Crippen LogP contribution in [0, 0.1) is 11.8 Å². The summed E-state index contributed by atoms with van der Waals surface area (Å²) in [5.74, 6) is -13.4. The largest absolute Gasteiger partial charge is 0.542 e. The number of β-lactam (4-membered cyclic amide) rings is 2. The number of carbonyl (C=O) groups excluding carboxylic acids is 11. The predicted octanol–water partition coefficient (Wildman–Crippen LogP) is 4.87. The van der Waals surface area contributed by atoms with E-state index in [0.717, 1.165) is 44.7 Å². The Kier molecular flexibility index (Phi) is 35.6. The number of nitrogen functional groups attached to an aromatic ring is 3. The molecule has 4 aliphatic rings. The van der Waals surface area contributed by atoms with Crippen molar-refractivity contribution in [3.8, 4) is 5.75 Å². The van der Waals surface area contributed by atoms with Crippen molar-refractivity contribution < 1.29 is 147 Å². The summed E-state index contributed by atoms with van der Waals surface area (Å²) in [5, 5.41) is 60.4. The number of aromatic nitrogens is 8. The van der Waals surface area contributed by atoms with Crippen LogP contribution in [-0.4, -0.2) is 214 Å². The number of hydrogen-bond acceptors (Lipinski definition) is 36. The molecular weight excluding hydrogens is 1950 g/mol. The number of oxime groups is 2. The van der Waals surface area contributed by atoms with Crippen LogP contribution in [0.4, 0.5) is 74.0 Å². The fourth-order valence-electron chi connectivity index (χ4n) is 13.4. The Bertz CT molecular complexity index is 6020. The van der Waals surface area contributed by atoms with Gasteiger partial charge in [0.25, 0.3) is 0 Å². The number of esters is 2. The van der Waals surface area contributed by atoms with Crippen molar-refractivity contribution in [2.24, 2.45) is 42.0 Å². The maximum Gasteiger partial charge on any atom is 0.430 e. The Morgan fingerprint density at radius 1 is 0.567 bits per heavy atom. The highest BCUT2D eigenvalue weighted by atomic mass is 32.2. The first-order chi connectivity index (χ1) is 65.9. The Morgan fingerprint density at radius 3 is 1.40 bits per heavy atom. The number of rotatable bonds is 33. The number of nitrogens with zero attached hydrogens (tertiary/aromatic N) is 12. The minimum atomic E-state index is -5.19. The van der Waals surface area contributed by atoms with Gasteiger partial charge in [-0.3, -0.25) is 39.6 Å². The zero-order chi connectivity index (χ0) is 105. The number of urea groups is 2. The summed E-state index contributed by atoms with van der Waals surface area (Å²) in [6, 6.07) is 35.3. The summed E-state index contributed by atoms with van der Waals surface area (Å²) < 4.78 is 100. The van der Waals surface area contributed by atoms with Gasteiger partial charge in [0.2, 0.25) is 47.1 Å². The van der Waals surface area contributed by atoms with Crippen molar-refractivity contribution in [1.82, 2.24) is 53.8 Å². The molecule has 12 rings (SSSR count). The molecule has 7 amide bonds. The quantitative estimate of drug-likeness (QED) is 0.00300. The van der Waals surface area contributed by atoms with Gasteiger partial charge in [-0.2, -0.15) is 45.1 Å². The number of anilines is 6. The molecule has 141 heavy (non-hydrogen) atoms. The molecule has 55 heteroatoms. The maximum atomic E-state index is 14.8. The predicted molar refractivity (Wildman–Crippen MR) is 491 cm³/mol. The topological polar surface area (TPSA) is 641 Å². The number of Topliss-reactive ketones (excluding diaryl/α,β-unsaturated/α-hetero) is 2. The Balaban J connectivity index is 0.000000317. The molecule has 2 fully saturated rings. The van der Waals surface area contributed by atoms with Crippen LogP contribution < -0.4 is 79.1 Å². The first kappa shape index (κ1) is 110. The van der Waals surface area contributed by atoms with Crippen molar-refractivity contribution in [3.63, 3.8) is 0 Å². The SMILES string of the molecule is COc1ccc(COC(=O)C2=C(C[n+]3cc(NC(=O)NCNC(=O)OC(C)(C)C)c(NC(c4ccccc4)(c4ccccc4)c4ccccc4)n3C)CSC3C(CC(=O)/C(=N\OC(C)(C)C(=O)OC(C)(C)C)c4nsc(N)n4)C(=O)N23)cc1.Cn1c(N)c(NC(=O)NCN)c[n+]1CC1=C(C(=O)O)N2C(=O)C(CC(=O)/C(=N\OC(C)(C)C(=O)O)c3nsc(N)n3)C2SC1.O=C([O-])C(F)(F)F.O=C([O-])C(F)(F)F. The number of aliphatic carboxylic acids is 4. The van der Waals surface area contributed by atoms with Gasteiger partial charge in [-0.05, 0) is 104 Å². The molecule has 0 spiro atoms. The molecule has 4 aliphatic heterocycles. The molecule has 16 N–H and O–H groups in total. The van der Waals surface area contributed by atoms with E-state index in [1.807, 2.05) is 91.0 Å². The zero-order valence-corrected chi connectivity index (χ0v) is 80.6. The molecule has 4 unspecified atom stereocenters. The van der Waals surface area contributed by atoms with Crippen LogP contribution in [-0.2, 0) is 111 Å². The number of ether oxygens (including phenoxy) is 4. The summed E-state index contributed by atoms with van der Waals surface area (Å²) >= 11 is 4.21. The van der Waals surface area contributed by atoms with Crippen LogP contribution >= 0.6 is 46.6 Å². The first-order valence-electron chi connectivity index (χ1n) is 41.8. The molecule has 756 valence electrons. The summed E-state index contributed by atoms with van der Waals surface area (Å²) in [4.78, 5) is 185. The van der Waals surface area contributed by atoms with Crippen LogP contribution in [0.15, 0.2) is 161 Å². The molecule has 2 saturated heterocycles. The normalized spacial score (nSPS) is 16.0. The molecule has 0 aliphatic carbocycles. The van der Waals surface area contributed by atoms with E-state index < -0.39 is 159 Å². The average molecular weight is 2050 g/mol. The van der Waals surface area contributed by atoms with E-state index >= 15 is 0 Å². The lowest BCUT2D eigenvalue weighted by atomic mass is 9.77. The highest BCUT2D eigenvalue weighted by Gasteiger charge is 2.57. The second-order valence-electron chi connectivity index (χ2n) is 33.7. The van der Waals surface area contributed by atoms with Gasteiger partial charge in [-0.15, -0.1) is 42.3 Å². The monoisotopic (exact) mass is 2050 g/mol. The molecule has 8 heterocycles. The van der Waals surface area contributed by atoms with Crippen molar-refractivity contribution in [2.75, 3.05) is 65.1 Å². The van der Waals surface area contributed by atoms with Crippen LogP contribution in [0.5, 0.6) is 5.75 Å². The van der Waals surface area contributed by atoms with E-state index in [-0.39, 0.29) is 95.1 Å². The van der Waals surface area contributed by atoms with Crippen LogP contribution in [0.25, 0.3) is 0 Å². The molecule has 45 nitrogen and oxygen atoms in total. The number of thioether (sulfide) groups is 2. The number of carbonyl (C=O) groups is 13. The van der Waals surface area contributed by atoms with Gasteiger partial charge < -0.3 is 103 Å². The first-order valence-corrected chi connectivity index (χ1v) is 45.4. The molecule has 4 aromatic carbocycles. The number of fused-ring (bicyclic) bond motifs is 2. The summed E-state index contributed by atoms with van der Waals surface area (Å²) in [6.45, 7) is 15.1. The number of ketones is 2. The number of carboxylic acids is 4. The van der Waals surface area contributed by atoms with E-state index in [1.165, 1.54) is 67.0 Å². The number of amides is 7. The number of methoxy groups -OCH3 is 1.